The molecule has 0 unspecified atom stereocenters. The first-order valence-corrected chi connectivity index (χ1v) is 4.82. The van der Waals surface area contributed by atoms with Crippen LogP contribution in [0.1, 0.15) is 11.1 Å². The maximum Gasteiger partial charge on any atom is 0.141 e. The van der Waals surface area contributed by atoms with Crippen LogP contribution in [0, 0.1) is 13.8 Å². The molecule has 0 atom stereocenters. The minimum atomic E-state index is 0.448. The van der Waals surface area contributed by atoms with Crippen LogP contribution in [0.2, 0.25) is 0 Å². The van der Waals surface area contributed by atoms with E-state index in [4.69, 9.17) is 5.73 Å². The molecule has 0 radical (unpaired) electrons. The molecule has 76 valence electrons. The predicted octanol–water partition coefficient (Wildman–Crippen LogP) is 2.34. The Morgan fingerprint density at radius 2 is 1.87 bits per heavy atom. The van der Waals surface area contributed by atoms with Gasteiger partial charge < -0.3 is 5.73 Å². The van der Waals surface area contributed by atoms with Gasteiger partial charge in [0, 0.05) is 5.56 Å². The van der Waals surface area contributed by atoms with E-state index in [2.05, 4.69) is 29.9 Å². The van der Waals surface area contributed by atoms with Crippen LogP contribution in [-0.2, 0) is 0 Å². The second-order valence-electron chi connectivity index (χ2n) is 3.57. The highest BCUT2D eigenvalue weighted by molar-refractivity contribution is 5.64. The molecule has 0 aliphatic heterocycles. The summed E-state index contributed by atoms with van der Waals surface area (Å²) in [4.78, 5) is 8.30. The quantitative estimate of drug-likeness (QED) is 0.767. The molecule has 0 amide bonds. The van der Waals surface area contributed by atoms with Crippen LogP contribution in [0.4, 0.5) is 5.82 Å². The number of nitrogens with zero attached hydrogens (tertiary/aromatic N) is 2. The first-order valence-electron chi connectivity index (χ1n) is 4.82. The number of nitrogen functional groups attached to an aromatic ring is 1. The molecular weight excluding hydrogens is 186 g/mol. The molecule has 3 nitrogen and oxygen atoms in total. The average Bonchev–Trinajstić information content (AvgIpc) is 2.24. The Balaban J connectivity index is 2.54. The van der Waals surface area contributed by atoms with Crippen molar-refractivity contribution in [2.45, 2.75) is 13.8 Å². The molecule has 1 aromatic carbocycles. The van der Waals surface area contributed by atoms with Crippen LogP contribution < -0.4 is 5.73 Å². The lowest BCUT2D eigenvalue weighted by Gasteiger charge is -2.07. The molecule has 0 aliphatic rings. The molecule has 3 heteroatoms. The summed E-state index contributed by atoms with van der Waals surface area (Å²) in [5.74, 6) is 0.448. The lowest BCUT2D eigenvalue weighted by Crippen LogP contribution is -1.94. The lowest BCUT2D eigenvalue weighted by atomic mass is 10.0. The third-order valence-corrected chi connectivity index (χ3v) is 2.55. The van der Waals surface area contributed by atoms with E-state index in [1.807, 2.05) is 12.1 Å². The van der Waals surface area contributed by atoms with Crippen molar-refractivity contribution in [3.8, 4) is 11.3 Å². The minimum Gasteiger partial charge on any atom is -0.382 e. The molecule has 0 fully saturated rings. The van der Waals surface area contributed by atoms with E-state index < -0.39 is 0 Å². The van der Waals surface area contributed by atoms with Gasteiger partial charge in [-0.1, -0.05) is 18.2 Å². The zero-order valence-corrected chi connectivity index (χ0v) is 8.86. The number of nitrogens with two attached hydrogens (primary N) is 1. The van der Waals surface area contributed by atoms with Gasteiger partial charge >= 0.3 is 0 Å². The molecule has 2 rings (SSSR count). The highest BCUT2D eigenvalue weighted by Crippen LogP contribution is 2.22. The minimum absolute atomic E-state index is 0.448. The Hall–Kier alpha value is -1.90. The van der Waals surface area contributed by atoms with Crippen molar-refractivity contribution in [2.24, 2.45) is 0 Å². The Labute approximate surface area is 89.0 Å². The number of hydrogen-bond acceptors (Lipinski definition) is 3. The van der Waals surface area contributed by atoms with Crippen molar-refractivity contribution in [1.29, 1.82) is 0 Å². The van der Waals surface area contributed by atoms with Gasteiger partial charge in [0.2, 0.25) is 0 Å². The van der Waals surface area contributed by atoms with Gasteiger partial charge in [-0.2, -0.15) is 0 Å². The third-order valence-electron chi connectivity index (χ3n) is 2.55. The van der Waals surface area contributed by atoms with E-state index in [9.17, 15) is 0 Å². The number of aryl methyl sites for hydroxylation is 1. The van der Waals surface area contributed by atoms with Crippen LogP contribution >= 0.6 is 0 Å². The summed E-state index contributed by atoms with van der Waals surface area (Å²) in [6, 6.07) is 6.15. The maximum atomic E-state index is 5.50. The first-order chi connectivity index (χ1) is 7.18. The molecular formula is C12H13N3. The molecule has 2 N–H and O–H groups in total. The van der Waals surface area contributed by atoms with Crippen molar-refractivity contribution in [3.05, 3.63) is 41.7 Å². The third kappa shape index (κ3) is 1.81. The molecule has 1 heterocycles. The maximum absolute atomic E-state index is 5.50. The van der Waals surface area contributed by atoms with E-state index in [1.54, 1.807) is 12.4 Å². The summed E-state index contributed by atoms with van der Waals surface area (Å²) >= 11 is 0. The fourth-order valence-electron chi connectivity index (χ4n) is 1.51. The van der Waals surface area contributed by atoms with Crippen molar-refractivity contribution in [1.82, 2.24) is 9.97 Å². The van der Waals surface area contributed by atoms with Crippen LogP contribution in [0.3, 0.4) is 0 Å². The zero-order valence-electron chi connectivity index (χ0n) is 8.86. The van der Waals surface area contributed by atoms with Gasteiger partial charge in [0.1, 0.15) is 5.82 Å². The summed E-state index contributed by atoms with van der Waals surface area (Å²) in [5, 5.41) is 0. The second-order valence-corrected chi connectivity index (χ2v) is 3.57. The molecule has 0 bridgehead atoms. The fourth-order valence-corrected chi connectivity index (χ4v) is 1.51. The van der Waals surface area contributed by atoms with Crippen LogP contribution in [0.5, 0.6) is 0 Å². The SMILES string of the molecule is Cc1cccc(-c2cnc(N)cn2)c1C. The van der Waals surface area contributed by atoms with E-state index >= 15 is 0 Å². The standard InChI is InChI=1S/C12H13N3/c1-8-4-3-5-10(9(8)2)11-6-15-12(13)7-14-11/h3-7H,1-2H3,(H2,13,15). The Morgan fingerprint density at radius 3 is 2.53 bits per heavy atom. The van der Waals surface area contributed by atoms with Crippen molar-refractivity contribution in [3.63, 3.8) is 0 Å². The van der Waals surface area contributed by atoms with Gasteiger partial charge in [-0.25, -0.2) is 4.98 Å². The second kappa shape index (κ2) is 3.69. The van der Waals surface area contributed by atoms with Gasteiger partial charge in [0.25, 0.3) is 0 Å². The van der Waals surface area contributed by atoms with Crippen molar-refractivity contribution in [2.75, 3.05) is 5.73 Å². The summed E-state index contributed by atoms with van der Waals surface area (Å²) in [5.41, 5.74) is 9.97. The fraction of sp³-hybridized carbons (Fsp3) is 0.167. The van der Waals surface area contributed by atoms with Gasteiger partial charge in [0.15, 0.2) is 0 Å². The van der Waals surface area contributed by atoms with Gasteiger partial charge in [-0.05, 0) is 25.0 Å². The summed E-state index contributed by atoms with van der Waals surface area (Å²) in [7, 11) is 0. The molecule has 0 aliphatic carbocycles. The molecule has 1 aromatic heterocycles. The molecule has 0 saturated heterocycles. The Bertz CT molecular complexity index is 475. The first kappa shape index (κ1) is 9.65. The zero-order chi connectivity index (χ0) is 10.8. The van der Waals surface area contributed by atoms with Gasteiger partial charge in [0.05, 0.1) is 18.1 Å². The van der Waals surface area contributed by atoms with E-state index in [0.717, 1.165) is 11.3 Å². The number of aromatic nitrogens is 2. The molecule has 2 aromatic rings. The largest absolute Gasteiger partial charge is 0.382 e. The van der Waals surface area contributed by atoms with Crippen molar-refractivity contribution < 1.29 is 0 Å². The average molecular weight is 199 g/mol. The molecule has 0 spiro atoms. The summed E-state index contributed by atoms with van der Waals surface area (Å²) < 4.78 is 0. The van der Waals surface area contributed by atoms with Crippen molar-refractivity contribution >= 4 is 5.82 Å². The highest BCUT2D eigenvalue weighted by atomic mass is 14.9. The topological polar surface area (TPSA) is 51.8 Å². The molecule has 15 heavy (non-hydrogen) atoms. The molecule has 0 saturated carbocycles. The smallest absolute Gasteiger partial charge is 0.141 e. The highest BCUT2D eigenvalue weighted by Gasteiger charge is 2.04. The lowest BCUT2D eigenvalue weighted by molar-refractivity contribution is 1.20. The predicted molar refractivity (Wildman–Crippen MR) is 61.4 cm³/mol. The van der Waals surface area contributed by atoms with E-state index in [0.29, 0.717) is 5.82 Å². The van der Waals surface area contributed by atoms with Crippen LogP contribution in [0.25, 0.3) is 11.3 Å². The van der Waals surface area contributed by atoms with Gasteiger partial charge in [-0.15, -0.1) is 0 Å². The van der Waals surface area contributed by atoms with Crippen LogP contribution in [0.15, 0.2) is 30.6 Å². The Morgan fingerprint density at radius 1 is 1.07 bits per heavy atom. The summed E-state index contributed by atoms with van der Waals surface area (Å²) in [6.45, 7) is 4.17. The number of anilines is 1. The monoisotopic (exact) mass is 199 g/mol. The van der Waals surface area contributed by atoms with Gasteiger partial charge in [-0.3, -0.25) is 4.98 Å². The number of rotatable bonds is 1. The van der Waals surface area contributed by atoms with E-state index in [1.165, 1.54) is 11.1 Å². The summed E-state index contributed by atoms with van der Waals surface area (Å²) in [6.07, 6.45) is 3.29. The number of benzene rings is 1. The normalized spacial score (nSPS) is 10.3. The van der Waals surface area contributed by atoms with E-state index in [-0.39, 0.29) is 0 Å². The Kier molecular flexibility index (Phi) is 2.37. The number of hydrogen-bond donors (Lipinski definition) is 1. The van der Waals surface area contributed by atoms with Crippen LogP contribution in [-0.4, -0.2) is 9.97 Å².